The Morgan fingerprint density at radius 1 is 1.00 bits per heavy atom. The zero-order chi connectivity index (χ0) is 20.5. The molecule has 0 aromatic heterocycles. The van der Waals surface area contributed by atoms with Crippen molar-refractivity contribution in [1.82, 2.24) is 5.32 Å². The van der Waals surface area contributed by atoms with Gasteiger partial charge in [-0.3, -0.25) is 9.59 Å². The zero-order valence-electron chi connectivity index (χ0n) is 16.9. The minimum atomic E-state index is -0.0886. The number of benzene rings is 2. The molecule has 2 aromatic rings. The van der Waals surface area contributed by atoms with Gasteiger partial charge in [-0.25, -0.2) is 0 Å². The third kappa shape index (κ3) is 6.61. The van der Waals surface area contributed by atoms with Crippen molar-refractivity contribution >= 4 is 17.5 Å². The fraction of sp³-hybridized carbons (Fsp3) is 0.364. The molecule has 0 atom stereocenters. The van der Waals surface area contributed by atoms with Crippen LogP contribution in [0.2, 0.25) is 0 Å². The van der Waals surface area contributed by atoms with Crippen LogP contribution in [0.1, 0.15) is 26.3 Å². The summed E-state index contributed by atoms with van der Waals surface area (Å²) < 4.78 is 10.7. The van der Waals surface area contributed by atoms with Gasteiger partial charge in [0.15, 0.2) is 0 Å². The highest BCUT2D eigenvalue weighted by Gasteiger charge is 2.12. The van der Waals surface area contributed by atoms with Gasteiger partial charge in [0.1, 0.15) is 11.5 Å². The van der Waals surface area contributed by atoms with Crippen LogP contribution in [-0.4, -0.2) is 38.1 Å². The number of hydrogen-bond acceptors (Lipinski definition) is 4. The number of nitrogens with one attached hydrogen (secondary N) is 1. The van der Waals surface area contributed by atoms with Gasteiger partial charge in [0.25, 0.3) is 0 Å². The standard InChI is InChI=1S/C22H28N2O4/c1-16(2)28-21-11-7-19(8-12-21)24(17(3)25)14-13-23-22(26)15-18-5-9-20(27-4)10-6-18/h5-12,16H,13-15H2,1-4H3,(H,23,26). The van der Waals surface area contributed by atoms with E-state index in [9.17, 15) is 9.59 Å². The van der Waals surface area contributed by atoms with Crippen molar-refractivity contribution < 1.29 is 19.1 Å². The average molecular weight is 384 g/mol. The Labute approximate surface area is 166 Å². The molecule has 0 heterocycles. The second-order valence-corrected chi connectivity index (χ2v) is 6.71. The van der Waals surface area contributed by atoms with Crippen LogP contribution in [0.15, 0.2) is 48.5 Å². The van der Waals surface area contributed by atoms with Gasteiger partial charge in [0, 0.05) is 25.7 Å². The average Bonchev–Trinajstić information content (AvgIpc) is 2.66. The number of methoxy groups -OCH3 is 1. The van der Waals surface area contributed by atoms with Crippen LogP contribution < -0.4 is 19.7 Å². The number of amides is 2. The highest BCUT2D eigenvalue weighted by Crippen LogP contribution is 2.20. The minimum Gasteiger partial charge on any atom is -0.497 e. The van der Waals surface area contributed by atoms with Crippen LogP contribution in [-0.2, 0) is 16.0 Å². The fourth-order valence-corrected chi connectivity index (χ4v) is 2.74. The van der Waals surface area contributed by atoms with E-state index in [1.165, 1.54) is 6.92 Å². The molecule has 2 aromatic carbocycles. The molecule has 0 aliphatic carbocycles. The third-order valence-corrected chi connectivity index (χ3v) is 4.08. The topological polar surface area (TPSA) is 67.9 Å². The minimum absolute atomic E-state index is 0.0815. The van der Waals surface area contributed by atoms with Crippen LogP contribution in [0.5, 0.6) is 11.5 Å². The predicted molar refractivity (Wildman–Crippen MR) is 110 cm³/mol. The number of carbonyl (C=O) groups is 2. The van der Waals surface area contributed by atoms with Crippen molar-refractivity contribution in [3.8, 4) is 11.5 Å². The molecule has 6 nitrogen and oxygen atoms in total. The van der Waals surface area contributed by atoms with E-state index in [1.54, 1.807) is 12.0 Å². The summed E-state index contributed by atoms with van der Waals surface area (Å²) in [5, 5.41) is 2.86. The molecular weight excluding hydrogens is 356 g/mol. The molecule has 2 amide bonds. The van der Waals surface area contributed by atoms with E-state index in [0.29, 0.717) is 13.1 Å². The monoisotopic (exact) mass is 384 g/mol. The molecule has 6 heteroatoms. The zero-order valence-corrected chi connectivity index (χ0v) is 16.9. The molecule has 0 radical (unpaired) electrons. The third-order valence-electron chi connectivity index (χ3n) is 4.08. The Kier molecular flexibility index (Phi) is 7.87. The van der Waals surface area contributed by atoms with Gasteiger partial charge in [-0.1, -0.05) is 12.1 Å². The summed E-state index contributed by atoms with van der Waals surface area (Å²) in [6.07, 6.45) is 0.376. The highest BCUT2D eigenvalue weighted by atomic mass is 16.5. The first-order valence-electron chi connectivity index (χ1n) is 9.33. The quantitative estimate of drug-likeness (QED) is 0.721. The molecule has 0 spiro atoms. The van der Waals surface area contributed by atoms with Crippen molar-refractivity contribution in [2.24, 2.45) is 0 Å². The fourth-order valence-electron chi connectivity index (χ4n) is 2.74. The Balaban J connectivity index is 1.87. The summed E-state index contributed by atoms with van der Waals surface area (Å²) in [4.78, 5) is 25.8. The van der Waals surface area contributed by atoms with E-state index in [1.807, 2.05) is 62.4 Å². The lowest BCUT2D eigenvalue weighted by atomic mass is 10.1. The molecule has 0 saturated carbocycles. The number of hydrogen-bond donors (Lipinski definition) is 1. The number of anilines is 1. The van der Waals surface area contributed by atoms with E-state index in [4.69, 9.17) is 9.47 Å². The van der Waals surface area contributed by atoms with Crippen molar-refractivity contribution in [1.29, 1.82) is 0 Å². The van der Waals surface area contributed by atoms with Crippen LogP contribution >= 0.6 is 0 Å². The maximum Gasteiger partial charge on any atom is 0.224 e. The Morgan fingerprint density at radius 2 is 1.61 bits per heavy atom. The lowest BCUT2D eigenvalue weighted by Gasteiger charge is -2.22. The molecule has 28 heavy (non-hydrogen) atoms. The molecule has 150 valence electrons. The molecule has 0 unspecified atom stereocenters. The smallest absolute Gasteiger partial charge is 0.224 e. The lowest BCUT2D eigenvalue weighted by molar-refractivity contribution is -0.121. The summed E-state index contributed by atoms with van der Waals surface area (Å²) in [6.45, 7) is 6.21. The van der Waals surface area contributed by atoms with Crippen LogP contribution in [0.25, 0.3) is 0 Å². The Hall–Kier alpha value is -3.02. The first kappa shape index (κ1) is 21.3. The number of ether oxygens (including phenoxy) is 2. The SMILES string of the molecule is COc1ccc(CC(=O)NCCN(C(C)=O)c2ccc(OC(C)C)cc2)cc1. The van der Waals surface area contributed by atoms with Gasteiger partial charge in [-0.05, 0) is 55.8 Å². The molecule has 0 bridgehead atoms. The van der Waals surface area contributed by atoms with Gasteiger partial charge >= 0.3 is 0 Å². The summed E-state index contributed by atoms with van der Waals surface area (Å²) >= 11 is 0. The van der Waals surface area contributed by atoms with E-state index in [2.05, 4.69) is 5.32 Å². The summed E-state index contributed by atoms with van der Waals surface area (Å²) in [5.74, 6) is 1.34. The largest absolute Gasteiger partial charge is 0.497 e. The molecule has 2 rings (SSSR count). The normalized spacial score (nSPS) is 10.5. The Bertz CT molecular complexity index is 770. The number of carbonyl (C=O) groups excluding carboxylic acids is 2. The van der Waals surface area contributed by atoms with Crippen LogP contribution in [0, 0.1) is 0 Å². The first-order valence-corrected chi connectivity index (χ1v) is 9.33. The summed E-state index contributed by atoms with van der Waals surface area (Å²) in [5.41, 5.74) is 1.68. The predicted octanol–water partition coefficient (Wildman–Crippen LogP) is 3.19. The van der Waals surface area contributed by atoms with Crippen LogP contribution in [0.3, 0.4) is 0 Å². The van der Waals surface area contributed by atoms with E-state index >= 15 is 0 Å². The van der Waals surface area contributed by atoms with Crippen molar-refractivity contribution in [2.75, 3.05) is 25.1 Å². The van der Waals surface area contributed by atoms with Gasteiger partial charge < -0.3 is 19.7 Å². The summed E-state index contributed by atoms with van der Waals surface area (Å²) in [7, 11) is 1.60. The van der Waals surface area contributed by atoms with Gasteiger partial charge in [-0.2, -0.15) is 0 Å². The Morgan fingerprint density at radius 3 is 2.14 bits per heavy atom. The van der Waals surface area contributed by atoms with E-state index in [0.717, 1.165) is 22.7 Å². The van der Waals surface area contributed by atoms with Crippen molar-refractivity contribution in [2.45, 2.75) is 33.3 Å². The second kappa shape index (κ2) is 10.3. The molecule has 0 aliphatic heterocycles. The van der Waals surface area contributed by atoms with Crippen molar-refractivity contribution in [3.63, 3.8) is 0 Å². The highest BCUT2D eigenvalue weighted by molar-refractivity contribution is 5.91. The lowest BCUT2D eigenvalue weighted by Crippen LogP contribution is -2.38. The number of nitrogens with zero attached hydrogens (tertiary/aromatic N) is 1. The molecule has 0 aliphatic rings. The maximum atomic E-state index is 12.1. The van der Waals surface area contributed by atoms with Crippen LogP contribution in [0.4, 0.5) is 5.69 Å². The number of rotatable bonds is 9. The van der Waals surface area contributed by atoms with Gasteiger partial charge in [-0.15, -0.1) is 0 Å². The van der Waals surface area contributed by atoms with Crippen molar-refractivity contribution in [3.05, 3.63) is 54.1 Å². The second-order valence-electron chi connectivity index (χ2n) is 6.71. The van der Waals surface area contributed by atoms with E-state index < -0.39 is 0 Å². The van der Waals surface area contributed by atoms with Gasteiger partial charge in [0.05, 0.1) is 19.6 Å². The molecule has 1 N–H and O–H groups in total. The van der Waals surface area contributed by atoms with Gasteiger partial charge in [0.2, 0.25) is 11.8 Å². The maximum absolute atomic E-state index is 12.1. The molecule has 0 fully saturated rings. The molecule has 0 saturated heterocycles. The first-order chi connectivity index (χ1) is 13.4. The summed E-state index contributed by atoms with van der Waals surface area (Å²) in [6, 6.07) is 14.7. The molecular formula is C22H28N2O4. The van der Waals surface area contributed by atoms with E-state index in [-0.39, 0.29) is 24.3 Å².